The molecule has 2 aliphatic carbocycles. The quantitative estimate of drug-likeness (QED) is 0.151. The van der Waals surface area contributed by atoms with Crippen LogP contribution in [0.1, 0.15) is 75.5 Å². The molecule has 2 aliphatic heterocycles. The van der Waals surface area contributed by atoms with E-state index in [9.17, 15) is 18.0 Å². The fourth-order valence-electron chi connectivity index (χ4n) is 7.15. The maximum Gasteiger partial charge on any atom is 0.573 e. The number of benzene rings is 1. The number of amides is 1. The number of nitrogens with zero attached hydrogens (tertiary/aromatic N) is 2. The molecule has 6 rings (SSSR count). The van der Waals surface area contributed by atoms with Gasteiger partial charge in [-0.3, -0.25) is 9.69 Å². The Labute approximate surface area is 254 Å². The molecular weight excluding hydrogens is 581 g/mol. The minimum Gasteiger partial charge on any atom is -0.456 e. The number of aryl methyl sites for hydroxylation is 1. The highest BCUT2D eigenvalue weighted by molar-refractivity contribution is 8.26. The van der Waals surface area contributed by atoms with Crippen molar-refractivity contribution in [2.45, 2.75) is 83.0 Å². The first-order chi connectivity index (χ1) is 20.2. The molecule has 0 N–H and O–H groups in total. The Hall–Kier alpha value is -2.30. The van der Waals surface area contributed by atoms with E-state index >= 15 is 0 Å². The topological polar surface area (TPSA) is 45.9 Å². The first kappa shape index (κ1) is 29.8. The van der Waals surface area contributed by atoms with E-state index in [1.807, 2.05) is 17.0 Å². The van der Waals surface area contributed by atoms with Gasteiger partial charge < -0.3 is 14.1 Å². The number of thiocarbonyl (C=S) groups is 1. The van der Waals surface area contributed by atoms with Crippen molar-refractivity contribution in [3.8, 4) is 17.1 Å². The number of carbonyl (C=O) groups excluding carboxylic acids is 1. The van der Waals surface area contributed by atoms with Gasteiger partial charge in [0.15, 0.2) is 0 Å². The molecule has 0 spiro atoms. The molecule has 2 bridgehead atoms. The highest BCUT2D eigenvalue weighted by Crippen LogP contribution is 2.49. The van der Waals surface area contributed by atoms with E-state index < -0.39 is 6.36 Å². The van der Waals surface area contributed by atoms with Crippen LogP contribution in [0.5, 0.6) is 5.75 Å². The van der Waals surface area contributed by atoms with Crippen LogP contribution in [0.4, 0.5) is 13.2 Å². The van der Waals surface area contributed by atoms with E-state index in [1.165, 1.54) is 75.5 Å². The summed E-state index contributed by atoms with van der Waals surface area (Å²) in [4.78, 5) is 18.5. The summed E-state index contributed by atoms with van der Waals surface area (Å²) in [7, 11) is 0. The molecule has 0 radical (unpaired) electrons. The molecule has 1 aromatic heterocycles. The van der Waals surface area contributed by atoms with Gasteiger partial charge in [-0.15, -0.1) is 13.2 Å². The third-order valence-corrected chi connectivity index (χ3v) is 10.5. The first-order valence-electron chi connectivity index (χ1n) is 15.2. The Morgan fingerprint density at radius 3 is 2.52 bits per heavy atom. The standard InChI is InChI=1S/C32H37F3N2O3S2/c33-32(34,35)40-25-12-10-22(11-13-25)27-19-24(7-3-1-4-14-36-15-5-2-6-16-36)28(39-27)20-29-30(38)37(31(41)42-29)26-18-21-8-9-23(26)17-21/h10-13,19-21,23,26H,1-9,14-18H2/b29-20-. The van der Waals surface area contributed by atoms with Gasteiger partial charge in [-0.1, -0.05) is 43.2 Å². The Morgan fingerprint density at radius 2 is 1.83 bits per heavy atom. The monoisotopic (exact) mass is 618 g/mol. The lowest BCUT2D eigenvalue weighted by molar-refractivity contribution is -0.274. The van der Waals surface area contributed by atoms with Crippen LogP contribution in [0, 0.1) is 11.8 Å². The molecule has 5 nitrogen and oxygen atoms in total. The minimum atomic E-state index is -4.75. The maximum absolute atomic E-state index is 13.6. The average Bonchev–Trinajstić information content (AvgIpc) is 3.74. The third kappa shape index (κ3) is 6.91. The molecule has 2 aromatic rings. The lowest BCUT2D eigenvalue weighted by atomic mass is 9.94. The molecular formula is C32H37F3N2O3S2. The zero-order chi connectivity index (χ0) is 29.3. The van der Waals surface area contributed by atoms with Gasteiger partial charge in [0.2, 0.25) is 0 Å². The van der Waals surface area contributed by atoms with E-state index in [4.69, 9.17) is 16.6 Å². The summed E-state index contributed by atoms with van der Waals surface area (Å²) in [5, 5.41) is 0. The molecule has 42 heavy (non-hydrogen) atoms. The number of carbonyl (C=O) groups is 1. The lowest BCUT2D eigenvalue weighted by Gasteiger charge is -2.30. The maximum atomic E-state index is 13.6. The Bertz CT molecular complexity index is 1320. The van der Waals surface area contributed by atoms with E-state index in [0.717, 1.165) is 44.2 Å². The van der Waals surface area contributed by atoms with Crippen LogP contribution in [-0.4, -0.2) is 52.1 Å². The molecule has 10 heteroatoms. The third-order valence-electron chi connectivity index (χ3n) is 9.20. The smallest absolute Gasteiger partial charge is 0.456 e. The number of unbranched alkanes of at least 4 members (excludes halogenated alkanes) is 2. The van der Waals surface area contributed by atoms with Crippen molar-refractivity contribution in [1.82, 2.24) is 9.80 Å². The molecule has 1 amide bonds. The van der Waals surface area contributed by atoms with E-state index in [-0.39, 0.29) is 17.7 Å². The van der Waals surface area contributed by atoms with Gasteiger partial charge in [-0.2, -0.15) is 0 Å². The van der Waals surface area contributed by atoms with Crippen LogP contribution in [0.2, 0.25) is 0 Å². The number of alkyl halides is 3. The van der Waals surface area contributed by atoms with Crippen molar-refractivity contribution in [2.24, 2.45) is 11.8 Å². The Kier molecular flexibility index (Phi) is 9.03. The summed E-state index contributed by atoms with van der Waals surface area (Å²) in [5.41, 5.74) is 1.63. The fraction of sp³-hybridized carbons (Fsp3) is 0.562. The van der Waals surface area contributed by atoms with Crippen molar-refractivity contribution >= 4 is 40.3 Å². The van der Waals surface area contributed by atoms with Crippen LogP contribution < -0.4 is 4.74 Å². The van der Waals surface area contributed by atoms with Gasteiger partial charge in [0, 0.05) is 17.7 Å². The zero-order valence-electron chi connectivity index (χ0n) is 23.7. The van der Waals surface area contributed by atoms with E-state index in [0.29, 0.717) is 38.1 Å². The van der Waals surface area contributed by atoms with E-state index in [2.05, 4.69) is 9.64 Å². The second-order valence-corrected chi connectivity index (χ2v) is 13.8. The molecule has 1 aromatic carbocycles. The van der Waals surface area contributed by atoms with Crippen molar-refractivity contribution in [3.05, 3.63) is 46.6 Å². The average molecular weight is 619 g/mol. The zero-order valence-corrected chi connectivity index (χ0v) is 25.3. The molecule has 4 aliphatic rings. The summed E-state index contributed by atoms with van der Waals surface area (Å²) in [6.07, 6.45) is 9.64. The predicted molar refractivity (Wildman–Crippen MR) is 163 cm³/mol. The van der Waals surface area contributed by atoms with Crippen LogP contribution in [0.3, 0.4) is 0 Å². The number of ether oxygens (including phenoxy) is 1. The summed E-state index contributed by atoms with van der Waals surface area (Å²) in [5.74, 6) is 2.09. The summed E-state index contributed by atoms with van der Waals surface area (Å²) >= 11 is 7.02. The van der Waals surface area contributed by atoms with Gasteiger partial charge in [0.1, 0.15) is 21.6 Å². The van der Waals surface area contributed by atoms with Crippen LogP contribution in [-0.2, 0) is 11.2 Å². The van der Waals surface area contributed by atoms with Crippen LogP contribution >= 0.6 is 24.0 Å². The summed E-state index contributed by atoms with van der Waals surface area (Å²) < 4.78 is 48.8. The highest BCUT2D eigenvalue weighted by atomic mass is 32.2. The first-order valence-corrected chi connectivity index (χ1v) is 16.4. The summed E-state index contributed by atoms with van der Waals surface area (Å²) in [6.45, 7) is 3.52. The minimum absolute atomic E-state index is 0.0402. The SMILES string of the molecule is O=C1/C(=C/c2oc(-c3ccc(OC(F)(F)F)cc3)cc2CCCCCN2CCCCC2)SC(=S)N1C1CC2CCC1C2. The number of halogens is 3. The van der Waals surface area contributed by atoms with Crippen LogP contribution in [0.15, 0.2) is 39.7 Å². The highest BCUT2D eigenvalue weighted by Gasteiger charge is 2.48. The van der Waals surface area contributed by atoms with Gasteiger partial charge in [-0.25, -0.2) is 0 Å². The second kappa shape index (κ2) is 12.7. The van der Waals surface area contributed by atoms with Crippen LogP contribution in [0.25, 0.3) is 17.4 Å². The van der Waals surface area contributed by atoms with Gasteiger partial charge in [0.05, 0.1) is 4.91 Å². The number of likely N-dealkylation sites (tertiary alicyclic amines) is 1. The van der Waals surface area contributed by atoms with Gasteiger partial charge >= 0.3 is 6.36 Å². The number of thioether (sulfide) groups is 1. The molecule has 3 unspecified atom stereocenters. The van der Waals surface area contributed by atoms with Gasteiger partial charge in [-0.05, 0) is 119 Å². The Morgan fingerprint density at radius 1 is 1.05 bits per heavy atom. The summed E-state index contributed by atoms with van der Waals surface area (Å²) in [6, 6.07) is 7.83. The van der Waals surface area contributed by atoms with Crippen molar-refractivity contribution < 1.29 is 27.1 Å². The molecule has 2 saturated heterocycles. The molecule has 3 heterocycles. The number of hydrogen-bond donors (Lipinski definition) is 0. The number of piperidine rings is 1. The molecule has 3 atom stereocenters. The number of hydrogen-bond acceptors (Lipinski definition) is 6. The lowest BCUT2D eigenvalue weighted by Crippen LogP contribution is -2.41. The van der Waals surface area contributed by atoms with Crippen molar-refractivity contribution in [3.63, 3.8) is 0 Å². The molecule has 2 saturated carbocycles. The van der Waals surface area contributed by atoms with Gasteiger partial charge in [0.25, 0.3) is 5.91 Å². The molecule has 4 fully saturated rings. The number of fused-ring (bicyclic) bond motifs is 2. The number of rotatable bonds is 10. The molecule has 226 valence electrons. The predicted octanol–water partition coefficient (Wildman–Crippen LogP) is 8.43. The largest absolute Gasteiger partial charge is 0.573 e. The number of furan rings is 1. The normalized spacial score (nSPS) is 25.7. The fourth-order valence-corrected chi connectivity index (χ4v) is 8.49. The Balaban J connectivity index is 1.18. The van der Waals surface area contributed by atoms with Crippen molar-refractivity contribution in [1.29, 1.82) is 0 Å². The second-order valence-electron chi connectivity index (χ2n) is 12.1. The van der Waals surface area contributed by atoms with Crippen molar-refractivity contribution in [2.75, 3.05) is 19.6 Å². The van der Waals surface area contributed by atoms with E-state index in [1.54, 1.807) is 12.1 Å².